The van der Waals surface area contributed by atoms with Gasteiger partial charge < -0.3 is 13.9 Å². The summed E-state index contributed by atoms with van der Waals surface area (Å²) in [6.07, 6.45) is -0.882. The molecular weight excluding hydrogens is 402 g/mol. The lowest BCUT2D eigenvalue weighted by Crippen LogP contribution is -2.52. The van der Waals surface area contributed by atoms with Crippen LogP contribution in [-0.4, -0.2) is 57.0 Å². The molecule has 7 nitrogen and oxygen atoms in total. The van der Waals surface area contributed by atoms with Gasteiger partial charge in [0.2, 0.25) is 0 Å². The molecule has 2 amide bonds. The van der Waals surface area contributed by atoms with Crippen molar-refractivity contribution in [2.45, 2.75) is 70.3 Å². The van der Waals surface area contributed by atoms with Crippen LogP contribution in [0.1, 0.15) is 39.2 Å². The molecule has 30 heavy (non-hydrogen) atoms. The van der Waals surface area contributed by atoms with Crippen LogP contribution in [0, 0.1) is 0 Å². The third-order valence-corrected chi connectivity index (χ3v) is 10.4. The van der Waals surface area contributed by atoms with E-state index in [1.165, 1.54) is 12.0 Å². The van der Waals surface area contributed by atoms with E-state index in [0.29, 0.717) is 6.42 Å². The Kier molecular flexibility index (Phi) is 7.82. The largest absolute Gasteiger partial charge is 0.469 e. The van der Waals surface area contributed by atoms with Crippen LogP contribution in [0.3, 0.4) is 0 Å². The van der Waals surface area contributed by atoms with Gasteiger partial charge in [-0.05, 0) is 36.5 Å². The van der Waals surface area contributed by atoms with Crippen molar-refractivity contribution in [2.75, 3.05) is 13.7 Å². The minimum Gasteiger partial charge on any atom is -0.469 e. The first-order valence-corrected chi connectivity index (χ1v) is 13.2. The first-order valence-electron chi connectivity index (χ1n) is 10.2. The summed E-state index contributed by atoms with van der Waals surface area (Å²) >= 11 is 0. The van der Waals surface area contributed by atoms with Crippen LogP contribution in [0.5, 0.6) is 0 Å². The highest BCUT2D eigenvalue weighted by Crippen LogP contribution is 2.38. The van der Waals surface area contributed by atoms with Crippen molar-refractivity contribution in [1.29, 1.82) is 0 Å². The van der Waals surface area contributed by atoms with Gasteiger partial charge >= 0.3 is 12.1 Å². The number of nitrogens with zero attached hydrogens (tertiary/aromatic N) is 1. The molecule has 1 saturated heterocycles. The van der Waals surface area contributed by atoms with Gasteiger partial charge in [0.15, 0.2) is 8.32 Å². The minimum atomic E-state index is -2.33. The van der Waals surface area contributed by atoms with E-state index in [-0.39, 0.29) is 24.5 Å². The summed E-state index contributed by atoms with van der Waals surface area (Å²) in [6.45, 7) is 10.4. The number of amides is 2. The average Bonchev–Trinajstić information content (AvgIpc) is 3.04. The van der Waals surface area contributed by atoms with Gasteiger partial charge in [-0.3, -0.25) is 9.59 Å². The second-order valence-electron chi connectivity index (χ2n) is 9.11. The summed E-state index contributed by atoms with van der Waals surface area (Å²) in [5, 5.41) is -0.133. The Hall–Kier alpha value is -2.19. The molecule has 1 aromatic rings. The highest BCUT2D eigenvalue weighted by Gasteiger charge is 2.45. The number of benzene rings is 1. The summed E-state index contributed by atoms with van der Waals surface area (Å²) in [4.78, 5) is 38.7. The quantitative estimate of drug-likeness (QED) is 0.455. The Morgan fingerprint density at radius 2 is 1.87 bits per heavy atom. The van der Waals surface area contributed by atoms with Crippen molar-refractivity contribution < 1.29 is 28.3 Å². The molecule has 2 rings (SSSR count). The molecule has 1 aromatic carbocycles. The molecule has 8 heteroatoms. The van der Waals surface area contributed by atoms with E-state index >= 15 is 0 Å². The number of hydrogen-bond donors (Lipinski definition) is 0. The second-order valence-corrected chi connectivity index (χ2v) is 13.9. The van der Waals surface area contributed by atoms with Crippen LogP contribution < -0.4 is 0 Å². The van der Waals surface area contributed by atoms with Crippen molar-refractivity contribution in [3.8, 4) is 0 Å². The molecule has 0 aromatic heterocycles. The van der Waals surface area contributed by atoms with Gasteiger partial charge in [0.25, 0.3) is 5.91 Å². The SMILES string of the molecule is COC(=O)CC[C@H](O[Si](C)(C)C(C)(C)C)C(=O)N1C(=O)OC[C@H]1Cc1ccccc1. The molecule has 166 valence electrons. The summed E-state index contributed by atoms with van der Waals surface area (Å²) in [7, 11) is -1.03. The molecule has 0 bridgehead atoms. The summed E-state index contributed by atoms with van der Waals surface area (Å²) in [6, 6.07) is 9.24. The van der Waals surface area contributed by atoms with Gasteiger partial charge in [0, 0.05) is 6.42 Å². The van der Waals surface area contributed by atoms with E-state index in [9.17, 15) is 14.4 Å². The second kappa shape index (κ2) is 9.74. The minimum absolute atomic E-state index is 0.0355. The molecule has 0 unspecified atom stereocenters. The van der Waals surface area contributed by atoms with Crippen LogP contribution in [0.4, 0.5) is 4.79 Å². The number of cyclic esters (lactones) is 1. The maximum Gasteiger partial charge on any atom is 0.417 e. The molecule has 1 heterocycles. The molecule has 2 atom stereocenters. The zero-order valence-corrected chi connectivity index (χ0v) is 19.8. The monoisotopic (exact) mass is 435 g/mol. The number of methoxy groups -OCH3 is 1. The van der Waals surface area contributed by atoms with Crippen LogP contribution in [0.25, 0.3) is 0 Å². The maximum absolute atomic E-state index is 13.4. The molecule has 0 spiro atoms. The standard InChI is InChI=1S/C22H33NO6Si/c1-22(2,3)30(5,6)29-18(12-13-19(24)27-4)20(25)23-17(15-28-21(23)26)14-16-10-8-7-9-11-16/h7-11,17-18H,12-15H2,1-6H3/t17-,18+/m1/s1. The number of carbonyl (C=O) groups is 3. The van der Waals surface area contributed by atoms with Gasteiger partial charge in [0.1, 0.15) is 12.7 Å². The first kappa shape index (κ1) is 24.1. The van der Waals surface area contributed by atoms with E-state index in [1.807, 2.05) is 43.4 Å². The zero-order chi connectivity index (χ0) is 22.5. The fraction of sp³-hybridized carbons (Fsp3) is 0.591. The number of imide groups is 1. The fourth-order valence-electron chi connectivity index (χ4n) is 3.04. The predicted octanol–water partition coefficient (Wildman–Crippen LogP) is 3.92. The van der Waals surface area contributed by atoms with Gasteiger partial charge in [-0.1, -0.05) is 51.1 Å². The van der Waals surface area contributed by atoms with Crippen LogP contribution in [0.15, 0.2) is 30.3 Å². The Bertz CT molecular complexity index is 759. The molecule has 0 N–H and O–H groups in total. The van der Waals surface area contributed by atoms with Crippen molar-refractivity contribution in [3.05, 3.63) is 35.9 Å². The maximum atomic E-state index is 13.4. The number of ether oxygens (including phenoxy) is 2. The average molecular weight is 436 g/mol. The van der Waals surface area contributed by atoms with E-state index in [2.05, 4.69) is 20.8 Å². The first-order chi connectivity index (χ1) is 14.0. The topological polar surface area (TPSA) is 82.1 Å². The highest BCUT2D eigenvalue weighted by atomic mass is 28.4. The van der Waals surface area contributed by atoms with E-state index in [1.54, 1.807) is 0 Å². The Morgan fingerprint density at radius 1 is 1.23 bits per heavy atom. The van der Waals surface area contributed by atoms with Crippen LogP contribution in [0.2, 0.25) is 18.1 Å². The number of esters is 1. The summed E-state index contributed by atoms with van der Waals surface area (Å²) in [5.74, 6) is -0.872. The van der Waals surface area contributed by atoms with Gasteiger partial charge in [-0.15, -0.1) is 0 Å². The lowest BCUT2D eigenvalue weighted by molar-refractivity contribution is -0.142. The number of hydrogen-bond acceptors (Lipinski definition) is 6. The fourth-order valence-corrected chi connectivity index (χ4v) is 4.32. The smallest absolute Gasteiger partial charge is 0.417 e. The normalized spacial score (nSPS) is 18.1. The Morgan fingerprint density at radius 3 is 2.43 bits per heavy atom. The molecule has 0 radical (unpaired) electrons. The lowest BCUT2D eigenvalue weighted by Gasteiger charge is -2.39. The molecule has 0 saturated carbocycles. The third kappa shape index (κ3) is 5.92. The third-order valence-electron chi connectivity index (χ3n) is 5.87. The molecule has 0 aliphatic carbocycles. The van der Waals surface area contributed by atoms with Crippen LogP contribution in [-0.2, 0) is 29.9 Å². The lowest BCUT2D eigenvalue weighted by atomic mass is 10.0. The van der Waals surface area contributed by atoms with E-state index in [0.717, 1.165) is 5.56 Å². The van der Waals surface area contributed by atoms with Crippen molar-refractivity contribution >= 4 is 26.3 Å². The number of carbonyl (C=O) groups excluding carboxylic acids is 3. The summed E-state index contributed by atoms with van der Waals surface area (Å²) in [5.41, 5.74) is 1.01. The van der Waals surface area contributed by atoms with Gasteiger partial charge in [-0.25, -0.2) is 9.69 Å². The predicted molar refractivity (Wildman–Crippen MR) is 115 cm³/mol. The molecular formula is C22H33NO6Si. The van der Waals surface area contributed by atoms with Crippen LogP contribution >= 0.6 is 0 Å². The van der Waals surface area contributed by atoms with Crippen molar-refractivity contribution in [1.82, 2.24) is 4.90 Å². The van der Waals surface area contributed by atoms with E-state index < -0.39 is 38.4 Å². The number of rotatable bonds is 8. The summed E-state index contributed by atoms with van der Waals surface area (Å²) < 4.78 is 16.3. The highest BCUT2D eigenvalue weighted by molar-refractivity contribution is 6.74. The Balaban J connectivity index is 2.24. The molecule has 1 fully saturated rings. The molecule has 1 aliphatic rings. The van der Waals surface area contributed by atoms with Crippen molar-refractivity contribution in [2.24, 2.45) is 0 Å². The van der Waals surface area contributed by atoms with Gasteiger partial charge in [0.05, 0.1) is 13.2 Å². The zero-order valence-electron chi connectivity index (χ0n) is 18.8. The van der Waals surface area contributed by atoms with Crippen molar-refractivity contribution in [3.63, 3.8) is 0 Å². The van der Waals surface area contributed by atoms with E-state index in [4.69, 9.17) is 13.9 Å². The Labute approximate surface area is 179 Å². The molecule has 1 aliphatic heterocycles. The van der Waals surface area contributed by atoms with Gasteiger partial charge in [-0.2, -0.15) is 0 Å².